The smallest absolute Gasteiger partial charge is 0.410 e. The summed E-state index contributed by atoms with van der Waals surface area (Å²) in [6, 6.07) is 4.63. The first-order chi connectivity index (χ1) is 19.8. The minimum atomic E-state index is -0.581. The molecule has 10 nitrogen and oxygen atoms in total. The van der Waals surface area contributed by atoms with E-state index in [2.05, 4.69) is 30.2 Å². The molecule has 4 aromatic rings. The highest BCUT2D eigenvalue weighted by Crippen LogP contribution is 2.32. The number of nitrogens with zero attached hydrogens (tertiary/aromatic N) is 7. The number of carbonyl (C=O) groups is 1. The van der Waals surface area contributed by atoms with E-state index in [1.807, 2.05) is 53.0 Å². The molecule has 12 heteroatoms. The van der Waals surface area contributed by atoms with Gasteiger partial charge in [0, 0.05) is 37.3 Å². The van der Waals surface area contributed by atoms with Crippen molar-refractivity contribution in [1.82, 2.24) is 29.4 Å². The monoisotopic (exact) mass is 578 g/mol. The molecule has 0 radical (unpaired) electrons. The molecule has 1 saturated heterocycles. The molecule has 5 rings (SSSR count). The summed E-state index contributed by atoms with van der Waals surface area (Å²) in [6.07, 6.45) is 4.15. The molecule has 4 heterocycles. The number of carbonyl (C=O) groups excluding carboxylic acids is 1. The molecule has 1 aliphatic heterocycles. The molecule has 0 bridgehead atoms. The number of benzene rings is 1. The van der Waals surface area contributed by atoms with Crippen LogP contribution in [0.4, 0.5) is 31.0 Å². The molecule has 222 valence electrons. The Morgan fingerprint density at radius 3 is 2.40 bits per heavy atom. The number of fused-ring (bicyclic) bond motifs is 1. The van der Waals surface area contributed by atoms with Gasteiger partial charge in [0.15, 0.2) is 5.82 Å². The number of piperazine rings is 1. The van der Waals surface area contributed by atoms with Crippen LogP contribution in [0.25, 0.3) is 22.2 Å². The maximum atomic E-state index is 15.0. The summed E-state index contributed by atoms with van der Waals surface area (Å²) < 4.78 is 37.4. The first-order valence-electron chi connectivity index (χ1n) is 14.0. The predicted octanol–water partition coefficient (Wildman–Crippen LogP) is 6.25. The van der Waals surface area contributed by atoms with Crippen LogP contribution in [0.15, 0.2) is 36.8 Å². The van der Waals surface area contributed by atoms with Crippen LogP contribution >= 0.6 is 0 Å². The lowest BCUT2D eigenvalue weighted by atomic mass is 10.0. The van der Waals surface area contributed by atoms with Crippen LogP contribution in [0.1, 0.15) is 53.4 Å². The van der Waals surface area contributed by atoms with Crippen molar-refractivity contribution in [1.29, 1.82) is 0 Å². The Labute approximate surface area is 243 Å². The quantitative estimate of drug-likeness (QED) is 0.297. The number of rotatable bonds is 5. The van der Waals surface area contributed by atoms with Gasteiger partial charge in [-0.3, -0.25) is 0 Å². The van der Waals surface area contributed by atoms with Crippen molar-refractivity contribution in [2.45, 2.75) is 66.2 Å². The number of pyridine rings is 1. The lowest BCUT2D eigenvalue weighted by Crippen LogP contribution is -2.54. The van der Waals surface area contributed by atoms with Crippen LogP contribution in [0.3, 0.4) is 0 Å². The van der Waals surface area contributed by atoms with Gasteiger partial charge in [-0.05, 0) is 72.2 Å². The Bertz CT molecular complexity index is 1610. The Kier molecular flexibility index (Phi) is 7.74. The van der Waals surface area contributed by atoms with E-state index in [1.54, 1.807) is 23.4 Å². The summed E-state index contributed by atoms with van der Waals surface area (Å²) in [7, 11) is 0. The molecule has 42 heavy (non-hydrogen) atoms. The number of ether oxygens (including phenoxy) is 1. The third-order valence-electron chi connectivity index (χ3n) is 7.10. The van der Waals surface area contributed by atoms with Gasteiger partial charge >= 0.3 is 6.09 Å². The van der Waals surface area contributed by atoms with Gasteiger partial charge in [0.25, 0.3) is 0 Å². The van der Waals surface area contributed by atoms with Gasteiger partial charge in [0.05, 0.1) is 29.8 Å². The Balaban J connectivity index is 1.32. The zero-order valence-electron chi connectivity index (χ0n) is 24.9. The lowest BCUT2D eigenvalue weighted by molar-refractivity contribution is 0.0218. The van der Waals surface area contributed by atoms with Crippen molar-refractivity contribution in [2.24, 2.45) is 0 Å². The average molecular weight is 579 g/mol. The average Bonchev–Trinajstić information content (AvgIpc) is 3.26. The van der Waals surface area contributed by atoms with Crippen molar-refractivity contribution in [3.05, 3.63) is 54.2 Å². The number of halogens is 2. The van der Waals surface area contributed by atoms with E-state index in [4.69, 9.17) is 4.74 Å². The number of hydrogen-bond acceptors (Lipinski definition) is 8. The van der Waals surface area contributed by atoms with Crippen molar-refractivity contribution < 1.29 is 18.3 Å². The largest absolute Gasteiger partial charge is 0.444 e. The van der Waals surface area contributed by atoms with Gasteiger partial charge in [0.1, 0.15) is 28.6 Å². The molecular weight excluding hydrogens is 542 g/mol. The molecule has 1 N–H and O–H groups in total. The van der Waals surface area contributed by atoms with Crippen LogP contribution in [-0.4, -0.2) is 66.8 Å². The summed E-state index contributed by atoms with van der Waals surface area (Å²) >= 11 is 0. The van der Waals surface area contributed by atoms with Gasteiger partial charge in [-0.15, -0.1) is 0 Å². The van der Waals surface area contributed by atoms with E-state index < -0.39 is 17.2 Å². The van der Waals surface area contributed by atoms with Gasteiger partial charge in [-0.1, -0.05) is 0 Å². The number of nitrogens with one attached hydrogen (secondary N) is 1. The van der Waals surface area contributed by atoms with Crippen LogP contribution < -0.4 is 10.2 Å². The molecule has 1 aliphatic rings. The van der Waals surface area contributed by atoms with Crippen molar-refractivity contribution in [2.75, 3.05) is 29.9 Å². The number of amides is 1. The molecule has 0 saturated carbocycles. The summed E-state index contributed by atoms with van der Waals surface area (Å²) in [5, 5.41) is 3.01. The molecular formula is C30H36F2N8O2. The highest BCUT2D eigenvalue weighted by atomic mass is 19.1. The topological polar surface area (TPSA) is 101 Å². The van der Waals surface area contributed by atoms with Crippen LogP contribution in [0.2, 0.25) is 0 Å². The van der Waals surface area contributed by atoms with Crippen LogP contribution in [-0.2, 0) is 4.74 Å². The first kappa shape index (κ1) is 29.2. The fourth-order valence-corrected chi connectivity index (χ4v) is 5.29. The maximum Gasteiger partial charge on any atom is 0.410 e. The van der Waals surface area contributed by atoms with Gasteiger partial charge in [0.2, 0.25) is 5.95 Å². The van der Waals surface area contributed by atoms with Crippen molar-refractivity contribution in [3.63, 3.8) is 0 Å². The van der Waals surface area contributed by atoms with Crippen molar-refractivity contribution in [3.8, 4) is 11.1 Å². The van der Waals surface area contributed by atoms with E-state index in [-0.39, 0.29) is 35.2 Å². The van der Waals surface area contributed by atoms with E-state index in [1.165, 1.54) is 12.1 Å². The lowest BCUT2D eigenvalue weighted by Gasteiger charge is -2.41. The minimum absolute atomic E-state index is 0.0310. The molecule has 1 atom stereocenters. The third-order valence-corrected chi connectivity index (χ3v) is 7.10. The summed E-state index contributed by atoms with van der Waals surface area (Å²) in [6.45, 7) is 15.0. The molecule has 1 fully saturated rings. The normalized spacial score (nSPS) is 15.9. The second kappa shape index (κ2) is 11.1. The molecule has 0 spiro atoms. The molecule has 0 aliphatic carbocycles. The van der Waals surface area contributed by atoms with Crippen LogP contribution in [0, 0.1) is 18.6 Å². The van der Waals surface area contributed by atoms with Gasteiger partial charge in [-0.25, -0.2) is 33.5 Å². The zero-order chi connectivity index (χ0) is 30.3. The highest BCUT2D eigenvalue weighted by Gasteiger charge is 2.30. The van der Waals surface area contributed by atoms with E-state index >= 15 is 4.39 Å². The summed E-state index contributed by atoms with van der Waals surface area (Å²) in [5.41, 5.74) is 1.69. The van der Waals surface area contributed by atoms with E-state index in [0.717, 1.165) is 11.9 Å². The second-order valence-electron chi connectivity index (χ2n) is 11.9. The highest BCUT2D eigenvalue weighted by molar-refractivity contribution is 5.84. The number of aryl methyl sites for hydroxylation is 1. The Morgan fingerprint density at radius 2 is 1.76 bits per heavy atom. The molecule has 1 amide bonds. The fraction of sp³-hybridized carbons (Fsp3) is 0.433. The van der Waals surface area contributed by atoms with E-state index in [0.29, 0.717) is 42.4 Å². The Hall–Kier alpha value is -4.35. The van der Waals surface area contributed by atoms with Crippen molar-refractivity contribution >= 4 is 34.6 Å². The standard InChI is InChI=1S/C30H36F2N8O2/c1-17(2)40-19(4)36-27-23(31)10-20(11-25(27)40)22-12-26(33-15-24(22)32)37-28-34-13-21(14-35-28)39-9-8-38(16-18(39)3)29(41)42-30(5,6)7/h10-15,17-18H,8-9,16H2,1-7H3,(H,33,34,35,37)/t18-/m1/s1. The molecule has 3 aromatic heterocycles. The number of anilines is 3. The third kappa shape index (κ3) is 5.97. The number of aromatic nitrogens is 5. The maximum absolute atomic E-state index is 15.0. The van der Waals surface area contributed by atoms with Gasteiger partial charge < -0.3 is 24.4 Å². The summed E-state index contributed by atoms with van der Waals surface area (Å²) in [4.78, 5) is 33.7. The Morgan fingerprint density at radius 1 is 1.05 bits per heavy atom. The molecule has 0 unspecified atom stereocenters. The number of hydrogen-bond donors (Lipinski definition) is 1. The summed E-state index contributed by atoms with van der Waals surface area (Å²) in [5.74, 6) is 0.179. The second-order valence-corrected chi connectivity index (χ2v) is 11.9. The predicted molar refractivity (Wildman–Crippen MR) is 158 cm³/mol. The van der Waals surface area contributed by atoms with E-state index in [9.17, 15) is 9.18 Å². The SMILES string of the molecule is Cc1nc2c(F)cc(-c3cc(Nc4ncc(N5CCN(C(=O)OC(C)(C)C)C[C@H]5C)cn4)ncc3F)cc2n1C(C)C. The van der Waals surface area contributed by atoms with Gasteiger partial charge in [-0.2, -0.15) is 0 Å². The zero-order valence-corrected chi connectivity index (χ0v) is 24.9. The fourth-order valence-electron chi connectivity index (χ4n) is 5.29. The minimum Gasteiger partial charge on any atom is -0.444 e. The first-order valence-corrected chi connectivity index (χ1v) is 14.0. The number of imidazole rings is 1. The van der Waals surface area contributed by atoms with Crippen LogP contribution in [0.5, 0.6) is 0 Å². The molecule has 1 aromatic carbocycles.